The first-order valence-corrected chi connectivity index (χ1v) is 5.55. The highest BCUT2D eigenvalue weighted by molar-refractivity contribution is 5.76. The van der Waals surface area contributed by atoms with Crippen LogP contribution in [0.15, 0.2) is 0 Å². The summed E-state index contributed by atoms with van der Waals surface area (Å²) in [7, 11) is 0. The molecule has 0 unspecified atom stereocenters. The van der Waals surface area contributed by atoms with Gasteiger partial charge in [0, 0.05) is 19.9 Å². The average Bonchev–Trinajstić information content (AvgIpc) is 2.21. The van der Waals surface area contributed by atoms with Crippen LogP contribution in [0.25, 0.3) is 0 Å². The van der Waals surface area contributed by atoms with E-state index in [2.05, 4.69) is 0 Å². The largest absolute Gasteiger partial charge is 0.464 e. The van der Waals surface area contributed by atoms with Crippen LogP contribution in [0, 0.1) is 5.92 Å². The number of carbonyl (C=O) groups excluding carboxylic acids is 3. The average molecular weight is 244 g/mol. The smallest absolute Gasteiger partial charge is 0.308 e. The molecule has 6 nitrogen and oxygen atoms in total. The van der Waals surface area contributed by atoms with E-state index in [1.54, 1.807) is 13.8 Å². The van der Waals surface area contributed by atoms with Crippen molar-refractivity contribution in [2.75, 3.05) is 19.7 Å². The van der Waals surface area contributed by atoms with Gasteiger partial charge in [0.2, 0.25) is 11.8 Å². The first kappa shape index (κ1) is 15.4. The molecule has 2 N–H and O–H groups in total. The first-order chi connectivity index (χ1) is 7.84. The molecule has 2 amide bonds. The summed E-state index contributed by atoms with van der Waals surface area (Å²) < 4.78 is 4.94. The van der Waals surface area contributed by atoms with Crippen molar-refractivity contribution in [3.8, 4) is 0 Å². The number of nitrogens with zero attached hydrogens (tertiary/aromatic N) is 1. The number of esters is 1. The second kappa shape index (κ2) is 7.65. The molecule has 6 heteroatoms. The van der Waals surface area contributed by atoms with Crippen molar-refractivity contribution < 1.29 is 19.1 Å². The molecular weight excluding hydrogens is 224 g/mol. The number of carbonyl (C=O) groups is 3. The molecule has 0 aliphatic carbocycles. The quantitative estimate of drug-likeness (QED) is 0.634. The summed E-state index contributed by atoms with van der Waals surface area (Å²) in [5.41, 5.74) is 5.00. The van der Waals surface area contributed by atoms with Crippen molar-refractivity contribution in [1.29, 1.82) is 0 Å². The van der Waals surface area contributed by atoms with Gasteiger partial charge in [-0.1, -0.05) is 13.8 Å². The van der Waals surface area contributed by atoms with E-state index in [0.29, 0.717) is 0 Å². The van der Waals surface area contributed by atoms with Crippen LogP contribution in [-0.4, -0.2) is 42.4 Å². The van der Waals surface area contributed by atoms with E-state index >= 15 is 0 Å². The normalized spacial score (nSPS) is 10.1. The van der Waals surface area contributed by atoms with Crippen LogP contribution < -0.4 is 5.73 Å². The summed E-state index contributed by atoms with van der Waals surface area (Å²) >= 11 is 0. The van der Waals surface area contributed by atoms with E-state index in [-0.39, 0.29) is 43.9 Å². The predicted molar refractivity (Wildman–Crippen MR) is 61.9 cm³/mol. The number of hydrogen-bond donors (Lipinski definition) is 1. The van der Waals surface area contributed by atoms with E-state index < -0.39 is 5.91 Å². The molecule has 17 heavy (non-hydrogen) atoms. The molecule has 0 atom stereocenters. The highest BCUT2D eigenvalue weighted by atomic mass is 16.5. The Morgan fingerprint density at radius 1 is 1.24 bits per heavy atom. The van der Waals surface area contributed by atoms with Gasteiger partial charge in [-0.15, -0.1) is 0 Å². The molecule has 0 spiro atoms. The highest BCUT2D eigenvalue weighted by Gasteiger charge is 2.12. The van der Waals surface area contributed by atoms with Crippen molar-refractivity contribution in [1.82, 2.24) is 4.90 Å². The van der Waals surface area contributed by atoms with Gasteiger partial charge >= 0.3 is 5.97 Å². The minimum absolute atomic E-state index is 0.109. The Morgan fingerprint density at radius 3 is 2.24 bits per heavy atom. The molecule has 98 valence electrons. The predicted octanol–water partition coefficient (Wildman–Crippen LogP) is -0.0905. The van der Waals surface area contributed by atoms with E-state index in [0.717, 1.165) is 0 Å². The maximum absolute atomic E-state index is 11.2. The fourth-order valence-electron chi connectivity index (χ4n) is 1.09. The Morgan fingerprint density at radius 2 is 1.82 bits per heavy atom. The van der Waals surface area contributed by atoms with E-state index in [9.17, 15) is 14.4 Å². The number of rotatable bonds is 7. The summed E-state index contributed by atoms with van der Waals surface area (Å²) in [5.74, 6) is -1.13. The minimum atomic E-state index is -0.463. The Hall–Kier alpha value is -1.59. The fraction of sp³-hybridized carbons (Fsp3) is 0.727. The van der Waals surface area contributed by atoms with E-state index in [4.69, 9.17) is 10.5 Å². The van der Waals surface area contributed by atoms with Gasteiger partial charge in [-0.25, -0.2) is 0 Å². The van der Waals surface area contributed by atoms with Crippen molar-refractivity contribution in [2.45, 2.75) is 27.2 Å². The van der Waals surface area contributed by atoms with Crippen molar-refractivity contribution >= 4 is 17.8 Å². The van der Waals surface area contributed by atoms with Crippen molar-refractivity contribution in [3.05, 3.63) is 0 Å². The van der Waals surface area contributed by atoms with Gasteiger partial charge < -0.3 is 15.4 Å². The highest BCUT2D eigenvalue weighted by Crippen LogP contribution is 1.97. The van der Waals surface area contributed by atoms with Gasteiger partial charge in [-0.05, 0) is 0 Å². The molecule has 0 aromatic heterocycles. The van der Waals surface area contributed by atoms with Gasteiger partial charge in [0.25, 0.3) is 0 Å². The van der Waals surface area contributed by atoms with Crippen molar-refractivity contribution in [3.63, 3.8) is 0 Å². The Balaban J connectivity index is 3.97. The third kappa shape index (κ3) is 7.32. The minimum Gasteiger partial charge on any atom is -0.464 e. The third-order valence-electron chi connectivity index (χ3n) is 2.15. The molecule has 0 aliphatic rings. The topological polar surface area (TPSA) is 89.7 Å². The van der Waals surface area contributed by atoms with Crippen LogP contribution in [0.4, 0.5) is 0 Å². The van der Waals surface area contributed by atoms with Gasteiger partial charge in [-0.3, -0.25) is 14.4 Å². The SMILES string of the molecule is CC(=O)N(CCOC(=O)C(C)C)CCC(N)=O. The molecule has 0 aromatic carbocycles. The zero-order valence-corrected chi connectivity index (χ0v) is 10.6. The summed E-state index contributed by atoms with van der Waals surface area (Å²) in [4.78, 5) is 34.4. The summed E-state index contributed by atoms with van der Waals surface area (Å²) in [6.07, 6.45) is 0.109. The lowest BCUT2D eigenvalue weighted by molar-refractivity contribution is -0.149. The lowest BCUT2D eigenvalue weighted by Gasteiger charge is -2.20. The number of amides is 2. The summed E-state index contributed by atoms with van der Waals surface area (Å²) in [6.45, 7) is 5.53. The molecule has 0 radical (unpaired) electrons. The van der Waals surface area contributed by atoms with Crippen LogP contribution in [0.2, 0.25) is 0 Å². The molecule has 0 saturated heterocycles. The fourth-order valence-corrected chi connectivity index (χ4v) is 1.09. The molecule has 0 saturated carbocycles. The van der Waals surface area contributed by atoms with E-state index in [1.807, 2.05) is 0 Å². The molecule has 0 fully saturated rings. The number of primary amides is 1. The van der Waals surface area contributed by atoms with Crippen LogP contribution in [0.3, 0.4) is 0 Å². The second-order valence-electron chi connectivity index (χ2n) is 4.04. The third-order valence-corrected chi connectivity index (χ3v) is 2.15. The zero-order chi connectivity index (χ0) is 13.4. The van der Waals surface area contributed by atoms with Gasteiger partial charge in [-0.2, -0.15) is 0 Å². The number of ether oxygens (including phenoxy) is 1. The molecule has 0 heterocycles. The molecule has 0 aromatic rings. The standard InChI is InChI=1S/C11H20N2O4/c1-8(2)11(16)17-7-6-13(9(3)14)5-4-10(12)15/h8H,4-7H2,1-3H3,(H2,12,15). The molecule has 0 rings (SSSR count). The van der Waals surface area contributed by atoms with Crippen LogP contribution >= 0.6 is 0 Å². The summed E-state index contributed by atoms with van der Waals surface area (Å²) in [5, 5.41) is 0. The second-order valence-corrected chi connectivity index (χ2v) is 4.04. The Bertz CT molecular complexity index is 289. The van der Waals surface area contributed by atoms with Gasteiger partial charge in [0.15, 0.2) is 0 Å². The summed E-state index contributed by atoms with van der Waals surface area (Å²) in [6, 6.07) is 0. The van der Waals surface area contributed by atoms with E-state index in [1.165, 1.54) is 11.8 Å². The molecule has 0 bridgehead atoms. The van der Waals surface area contributed by atoms with Crippen molar-refractivity contribution in [2.24, 2.45) is 11.7 Å². The van der Waals surface area contributed by atoms with Crippen LogP contribution in [0.1, 0.15) is 27.2 Å². The maximum Gasteiger partial charge on any atom is 0.308 e. The Kier molecular flexibility index (Phi) is 6.93. The monoisotopic (exact) mass is 244 g/mol. The first-order valence-electron chi connectivity index (χ1n) is 5.55. The van der Waals surface area contributed by atoms with Gasteiger partial charge in [0.05, 0.1) is 12.5 Å². The van der Waals surface area contributed by atoms with Crippen LogP contribution in [-0.2, 0) is 19.1 Å². The lowest BCUT2D eigenvalue weighted by atomic mass is 10.2. The Labute approximate surface area is 101 Å². The lowest BCUT2D eigenvalue weighted by Crippen LogP contribution is -2.35. The zero-order valence-electron chi connectivity index (χ0n) is 10.6. The van der Waals surface area contributed by atoms with Gasteiger partial charge in [0.1, 0.15) is 6.61 Å². The number of nitrogens with two attached hydrogens (primary N) is 1. The molecular formula is C11H20N2O4. The number of hydrogen-bond acceptors (Lipinski definition) is 4. The van der Waals surface area contributed by atoms with Crippen LogP contribution in [0.5, 0.6) is 0 Å². The molecule has 0 aliphatic heterocycles. The maximum atomic E-state index is 11.2.